The largest absolute Gasteiger partial charge is 0.481 e. The number of carboxylic acids is 1. The molecule has 0 aromatic carbocycles. The average Bonchev–Trinajstić information content (AvgIpc) is 2.39. The highest BCUT2D eigenvalue weighted by molar-refractivity contribution is 9.11. The van der Waals surface area contributed by atoms with E-state index in [-0.39, 0.29) is 6.03 Å². The standard InChI is InChI=1S/C13H19BrN2O3/c1-13(11(17)18)5-2-6-16(9-13)12(19)15-7-3-10(14)4-8-15/h3H,2,4-9H2,1H3,(H,17,18). The first-order valence-electron chi connectivity index (χ1n) is 6.54. The van der Waals surface area contributed by atoms with Crippen molar-refractivity contribution < 1.29 is 14.7 Å². The number of hydrogen-bond donors (Lipinski definition) is 1. The first-order valence-corrected chi connectivity index (χ1v) is 7.33. The molecule has 1 N–H and O–H groups in total. The molecule has 0 saturated carbocycles. The Hall–Kier alpha value is -1.04. The number of halogens is 1. The second kappa shape index (κ2) is 5.53. The van der Waals surface area contributed by atoms with E-state index in [2.05, 4.69) is 15.9 Å². The third kappa shape index (κ3) is 3.11. The number of piperidine rings is 1. The lowest BCUT2D eigenvalue weighted by Gasteiger charge is -2.40. The molecule has 19 heavy (non-hydrogen) atoms. The van der Waals surface area contributed by atoms with Crippen LogP contribution in [0.3, 0.4) is 0 Å². The van der Waals surface area contributed by atoms with Crippen molar-refractivity contribution >= 4 is 27.9 Å². The lowest BCUT2D eigenvalue weighted by molar-refractivity contribution is -0.150. The summed E-state index contributed by atoms with van der Waals surface area (Å²) in [6.45, 7) is 3.98. The van der Waals surface area contributed by atoms with Crippen molar-refractivity contribution in [1.29, 1.82) is 0 Å². The maximum absolute atomic E-state index is 12.4. The normalized spacial score (nSPS) is 28.0. The van der Waals surface area contributed by atoms with Crippen LogP contribution in [-0.4, -0.2) is 53.1 Å². The highest BCUT2D eigenvalue weighted by Gasteiger charge is 2.40. The van der Waals surface area contributed by atoms with E-state index in [1.807, 2.05) is 6.08 Å². The van der Waals surface area contributed by atoms with Gasteiger partial charge in [-0.3, -0.25) is 4.79 Å². The molecule has 2 aliphatic heterocycles. The van der Waals surface area contributed by atoms with Gasteiger partial charge in [0.15, 0.2) is 0 Å². The van der Waals surface area contributed by atoms with Crippen molar-refractivity contribution in [3.05, 3.63) is 10.6 Å². The highest BCUT2D eigenvalue weighted by Crippen LogP contribution is 2.30. The van der Waals surface area contributed by atoms with Gasteiger partial charge in [-0.15, -0.1) is 0 Å². The fourth-order valence-corrected chi connectivity index (χ4v) is 2.92. The van der Waals surface area contributed by atoms with Crippen LogP contribution in [0.5, 0.6) is 0 Å². The number of carbonyl (C=O) groups is 2. The lowest BCUT2D eigenvalue weighted by atomic mass is 9.82. The summed E-state index contributed by atoms with van der Waals surface area (Å²) in [5.41, 5.74) is -0.805. The molecule has 2 aliphatic rings. The number of likely N-dealkylation sites (tertiary alicyclic amines) is 1. The molecule has 106 valence electrons. The van der Waals surface area contributed by atoms with Gasteiger partial charge in [0, 0.05) is 26.2 Å². The zero-order valence-corrected chi connectivity index (χ0v) is 12.6. The Balaban J connectivity index is 2.02. The average molecular weight is 331 g/mol. The van der Waals surface area contributed by atoms with Gasteiger partial charge in [0.25, 0.3) is 0 Å². The molecular formula is C13H19BrN2O3. The Morgan fingerprint density at radius 1 is 1.37 bits per heavy atom. The molecule has 1 fully saturated rings. The monoisotopic (exact) mass is 330 g/mol. The molecule has 0 aliphatic carbocycles. The topological polar surface area (TPSA) is 60.9 Å². The van der Waals surface area contributed by atoms with E-state index < -0.39 is 11.4 Å². The number of rotatable bonds is 1. The minimum Gasteiger partial charge on any atom is -0.481 e. The van der Waals surface area contributed by atoms with Crippen molar-refractivity contribution in [1.82, 2.24) is 9.80 Å². The Labute approximate surface area is 121 Å². The summed E-state index contributed by atoms with van der Waals surface area (Å²) >= 11 is 3.43. The highest BCUT2D eigenvalue weighted by atomic mass is 79.9. The number of hydrogen-bond acceptors (Lipinski definition) is 2. The van der Waals surface area contributed by atoms with Crippen molar-refractivity contribution in [2.75, 3.05) is 26.2 Å². The van der Waals surface area contributed by atoms with Crippen LogP contribution in [-0.2, 0) is 4.79 Å². The molecule has 0 radical (unpaired) electrons. The van der Waals surface area contributed by atoms with Crippen LogP contribution < -0.4 is 0 Å². The van der Waals surface area contributed by atoms with Crippen molar-refractivity contribution in [2.45, 2.75) is 26.2 Å². The summed E-state index contributed by atoms with van der Waals surface area (Å²) in [6, 6.07) is -0.0385. The van der Waals surface area contributed by atoms with E-state index in [4.69, 9.17) is 0 Å². The lowest BCUT2D eigenvalue weighted by Crippen LogP contribution is -2.53. The third-order valence-electron chi connectivity index (χ3n) is 3.91. The molecule has 2 heterocycles. The minimum absolute atomic E-state index is 0.0385. The molecule has 0 bridgehead atoms. The van der Waals surface area contributed by atoms with Crippen LogP contribution >= 0.6 is 15.9 Å². The SMILES string of the molecule is CC1(C(=O)O)CCCN(C(=O)N2CC=C(Br)CC2)C1. The van der Waals surface area contributed by atoms with E-state index in [0.29, 0.717) is 32.6 Å². The minimum atomic E-state index is -0.814. The number of urea groups is 1. The zero-order chi connectivity index (χ0) is 14.0. The molecule has 0 aromatic rings. The van der Waals surface area contributed by atoms with Crippen LogP contribution in [0.25, 0.3) is 0 Å². The van der Waals surface area contributed by atoms with Gasteiger partial charge in [-0.1, -0.05) is 22.0 Å². The van der Waals surface area contributed by atoms with Gasteiger partial charge < -0.3 is 14.9 Å². The Bertz CT molecular complexity index is 424. The van der Waals surface area contributed by atoms with Crippen LogP contribution in [0.1, 0.15) is 26.2 Å². The van der Waals surface area contributed by atoms with Gasteiger partial charge in [0.2, 0.25) is 0 Å². The first kappa shape index (κ1) is 14.4. The number of nitrogens with zero attached hydrogens (tertiary/aromatic N) is 2. The molecule has 2 rings (SSSR count). The van der Waals surface area contributed by atoms with Crippen LogP contribution in [0.4, 0.5) is 4.79 Å². The van der Waals surface area contributed by atoms with Crippen molar-refractivity contribution in [2.24, 2.45) is 5.41 Å². The predicted molar refractivity (Wildman–Crippen MR) is 75.1 cm³/mol. The van der Waals surface area contributed by atoms with Crippen molar-refractivity contribution in [3.8, 4) is 0 Å². The van der Waals surface area contributed by atoms with Gasteiger partial charge in [-0.25, -0.2) is 4.79 Å². The molecule has 0 aromatic heterocycles. The fraction of sp³-hybridized carbons (Fsp3) is 0.692. The number of amides is 2. The molecule has 1 saturated heterocycles. The summed E-state index contributed by atoms with van der Waals surface area (Å²) in [4.78, 5) is 27.1. The van der Waals surface area contributed by atoms with E-state index >= 15 is 0 Å². The molecule has 1 unspecified atom stereocenters. The van der Waals surface area contributed by atoms with Gasteiger partial charge in [0.05, 0.1) is 5.41 Å². The van der Waals surface area contributed by atoms with Crippen LogP contribution in [0, 0.1) is 5.41 Å². The van der Waals surface area contributed by atoms with Gasteiger partial charge >= 0.3 is 12.0 Å². The fourth-order valence-electron chi connectivity index (χ4n) is 2.60. The Morgan fingerprint density at radius 2 is 2.11 bits per heavy atom. The predicted octanol–water partition coefficient (Wildman–Crippen LogP) is 2.28. The first-order chi connectivity index (χ1) is 8.92. The van der Waals surface area contributed by atoms with Gasteiger partial charge in [0.1, 0.15) is 0 Å². The molecule has 0 spiro atoms. The van der Waals surface area contributed by atoms with E-state index in [1.165, 1.54) is 0 Å². The molecule has 1 atom stereocenters. The summed E-state index contributed by atoms with van der Waals surface area (Å²) < 4.78 is 1.13. The smallest absolute Gasteiger partial charge is 0.320 e. The van der Waals surface area contributed by atoms with Crippen molar-refractivity contribution in [3.63, 3.8) is 0 Å². The number of carboxylic acid groups (broad SMARTS) is 1. The van der Waals surface area contributed by atoms with Gasteiger partial charge in [-0.05, 0) is 30.7 Å². The molecule has 5 nitrogen and oxygen atoms in total. The number of aliphatic carboxylic acids is 1. The maximum atomic E-state index is 12.4. The summed E-state index contributed by atoms with van der Waals surface area (Å²) in [5, 5.41) is 9.27. The maximum Gasteiger partial charge on any atom is 0.320 e. The second-order valence-electron chi connectivity index (χ2n) is 5.52. The van der Waals surface area contributed by atoms with Gasteiger partial charge in [-0.2, -0.15) is 0 Å². The van der Waals surface area contributed by atoms with E-state index in [1.54, 1.807) is 16.7 Å². The van der Waals surface area contributed by atoms with Crippen LogP contribution in [0.2, 0.25) is 0 Å². The summed E-state index contributed by atoms with van der Waals surface area (Å²) in [6.07, 6.45) is 4.21. The molecular weight excluding hydrogens is 312 g/mol. The molecule has 6 heteroatoms. The van der Waals surface area contributed by atoms with E-state index in [9.17, 15) is 14.7 Å². The quantitative estimate of drug-likeness (QED) is 0.802. The van der Waals surface area contributed by atoms with Crippen LogP contribution in [0.15, 0.2) is 10.6 Å². The zero-order valence-electron chi connectivity index (χ0n) is 11.1. The summed E-state index contributed by atoms with van der Waals surface area (Å²) in [5.74, 6) is -0.814. The van der Waals surface area contributed by atoms with E-state index in [0.717, 1.165) is 17.3 Å². The third-order valence-corrected chi connectivity index (χ3v) is 4.63. The molecule has 2 amide bonds. The summed E-state index contributed by atoms with van der Waals surface area (Å²) in [7, 11) is 0. The second-order valence-corrected chi connectivity index (χ2v) is 6.54. The Morgan fingerprint density at radius 3 is 2.68 bits per heavy atom. The number of carbonyl (C=O) groups excluding carboxylic acids is 1. The Kier molecular flexibility index (Phi) is 4.18.